The quantitative estimate of drug-likeness (QED) is 0.775. The van der Waals surface area contributed by atoms with E-state index in [0.29, 0.717) is 16.8 Å². The Kier molecular flexibility index (Phi) is 4.45. The first-order valence-electron chi connectivity index (χ1n) is 7.29. The molecule has 3 rings (SSSR count). The highest BCUT2D eigenvalue weighted by Crippen LogP contribution is 2.27. The summed E-state index contributed by atoms with van der Waals surface area (Å²) >= 11 is 0. The number of hydrogen-bond acceptors (Lipinski definition) is 3. The Hall–Kier alpha value is -2.98. The van der Waals surface area contributed by atoms with Gasteiger partial charge >= 0.3 is 0 Å². The molecule has 0 aliphatic carbocycles. The van der Waals surface area contributed by atoms with E-state index in [1.54, 1.807) is 30.6 Å². The topological polar surface area (TPSA) is 62.2 Å². The Balaban J connectivity index is 1.98. The molecule has 0 spiro atoms. The fourth-order valence-electron chi connectivity index (χ4n) is 2.49. The molecule has 4 nitrogen and oxygen atoms in total. The monoisotopic (exact) mass is 304 g/mol. The van der Waals surface area contributed by atoms with Crippen LogP contribution in [0.1, 0.15) is 15.9 Å². The number of nitrogens with zero attached hydrogens (tertiary/aromatic N) is 1. The Morgan fingerprint density at radius 2 is 1.70 bits per heavy atom. The molecule has 2 aromatic carbocycles. The number of rotatable bonds is 4. The lowest BCUT2D eigenvalue weighted by Crippen LogP contribution is -2.15. The lowest BCUT2D eigenvalue weighted by Gasteiger charge is -2.13. The second-order valence-corrected chi connectivity index (χ2v) is 5.05. The van der Waals surface area contributed by atoms with Gasteiger partial charge in [0, 0.05) is 23.6 Å². The van der Waals surface area contributed by atoms with E-state index in [1.807, 2.05) is 42.5 Å². The van der Waals surface area contributed by atoms with E-state index >= 15 is 0 Å². The molecule has 3 aromatic rings. The van der Waals surface area contributed by atoms with Gasteiger partial charge in [0.1, 0.15) is 0 Å². The molecule has 2 N–H and O–H groups in total. The summed E-state index contributed by atoms with van der Waals surface area (Å²) in [6, 6.07) is 18.6. The number of aliphatic hydroxyl groups is 1. The molecule has 1 amide bonds. The number of carbonyl (C=O) groups is 1. The number of anilines is 1. The molecular formula is C19H16N2O2. The highest BCUT2D eigenvalue weighted by molar-refractivity contribution is 6.06. The maximum Gasteiger partial charge on any atom is 0.256 e. The summed E-state index contributed by atoms with van der Waals surface area (Å²) in [6.07, 6.45) is 3.23. The zero-order valence-electron chi connectivity index (χ0n) is 12.4. The minimum absolute atomic E-state index is 0.204. The summed E-state index contributed by atoms with van der Waals surface area (Å²) in [5.41, 5.74) is 3.57. The van der Waals surface area contributed by atoms with Gasteiger partial charge in [-0.05, 0) is 34.9 Å². The van der Waals surface area contributed by atoms with Crippen LogP contribution >= 0.6 is 0 Å². The molecule has 0 atom stereocenters. The van der Waals surface area contributed by atoms with E-state index in [2.05, 4.69) is 10.3 Å². The van der Waals surface area contributed by atoms with Crippen molar-refractivity contribution in [1.82, 2.24) is 4.98 Å². The normalized spacial score (nSPS) is 10.3. The Bertz CT molecular complexity index is 802. The first kappa shape index (κ1) is 14.9. The maximum atomic E-state index is 12.5. The molecule has 0 bridgehead atoms. The maximum absolute atomic E-state index is 12.5. The summed E-state index contributed by atoms with van der Waals surface area (Å²) < 4.78 is 0. The lowest BCUT2D eigenvalue weighted by molar-refractivity contribution is 0.102. The largest absolute Gasteiger partial charge is 0.392 e. The van der Waals surface area contributed by atoms with Crippen molar-refractivity contribution in [3.63, 3.8) is 0 Å². The van der Waals surface area contributed by atoms with Gasteiger partial charge in [0.25, 0.3) is 5.91 Å². The number of nitrogens with one attached hydrogen (secondary N) is 1. The minimum Gasteiger partial charge on any atom is -0.392 e. The van der Waals surface area contributed by atoms with Crippen molar-refractivity contribution in [1.29, 1.82) is 0 Å². The number of amides is 1. The third-order valence-electron chi connectivity index (χ3n) is 3.60. The first-order chi connectivity index (χ1) is 11.3. The van der Waals surface area contributed by atoms with Gasteiger partial charge in [0.05, 0.1) is 6.61 Å². The smallest absolute Gasteiger partial charge is 0.256 e. The summed E-state index contributed by atoms with van der Waals surface area (Å²) in [5.74, 6) is -0.252. The molecule has 0 aliphatic heterocycles. The molecule has 0 radical (unpaired) electrons. The van der Waals surface area contributed by atoms with Crippen LogP contribution in [0.4, 0.5) is 5.69 Å². The predicted molar refractivity (Wildman–Crippen MR) is 90.0 cm³/mol. The van der Waals surface area contributed by atoms with E-state index in [0.717, 1.165) is 11.1 Å². The van der Waals surface area contributed by atoms with Crippen LogP contribution in [0.25, 0.3) is 11.1 Å². The van der Waals surface area contributed by atoms with Gasteiger partial charge in [-0.2, -0.15) is 0 Å². The van der Waals surface area contributed by atoms with Gasteiger partial charge in [-0.1, -0.05) is 42.5 Å². The minimum atomic E-state index is -0.252. The number of aromatic nitrogens is 1. The predicted octanol–water partition coefficient (Wildman–Crippen LogP) is 3.49. The van der Waals surface area contributed by atoms with E-state index < -0.39 is 0 Å². The number of aliphatic hydroxyl groups excluding tert-OH is 1. The van der Waals surface area contributed by atoms with Gasteiger partial charge in [-0.3, -0.25) is 9.78 Å². The molecule has 114 valence electrons. The number of pyridine rings is 1. The van der Waals surface area contributed by atoms with Crippen LogP contribution in [0.2, 0.25) is 0 Å². The summed E-state index contributed by atoms with van der Waals surface area (Å²) in [4.78, 5) is 16.5. The second kappa shape index (κ2) is 6.85. The number of hydrogen-bond donors (Lipinski definition) is 2. The molecule has 0 saturated heterocycles. The number of benzene rings is 2. The molecule has 0 fully saturated rings. The molecule has 1 heterocycles. The highest BCUT2D eigenvalue weighted by atomic mass is 16.3. The van der Waals surface area contributed by atoms with Crippen molar-refractivity contribution in [3.8, 4) is 11.1 Å². The third kappa shape index (κ3) is 3.27. The van der Waals surface area contributed by atoms with Crippen molar-refractivity contribution < 1.29 is 9.90 Å². The van der Waals surface area contributed by atoms with Crippen LogP contribution in [0.3, 0.4) is 0 Å². The van der Waals surface area contributed by atoms with Crippen molar-refractivity contribution in [2.24, 2.45) is 0 Å². The lowest BCUT2D eigenvalue weighted by atomic mass is 9.95. The fraction of sp³-hybridized carbons (Fsp3) is 0.0526. The van der Waals surface area contributed by atoms with E-state index in [9.17, 15) is 9.90 Å². The fourth-order valence-corrected chi connectivity index (χ4v) is 2.49. The average molecular weight is 304 g/mol. The van der Waals surface area contributed by atoms with E-state index in [1.165, 1.54) is 0 Å². The highest BCUT2D eigenvalue weighted by Gasteiger charge is 2.15. The van der Waals surface area contributed by atoms with Crippen LogP contribution in [0, 0.1) is 0 Å². The summed E-state index contributed by atoms with van der Waals surface area (Å²) in [6.45, 7) is -0.204. The van der Waals surface area contributed by atoms with Gasteiger partial charge in [0.2, 0.25) is 0 Å². The molecular weight excluding hydrogens is 288 g/mol. The summed E-state index contributed by atoms with van der Waals surface area (Å²) in [5, 5.41) is 12.6. The van der Waals surface area contributed by atoms with Crippen LogP contribution in [-0.4, -0.2) is 16.0 Å². The van der Waals surface area contributed by atoms with Crippen molar-refractivity contribution in [3.05, 3.63) is 84.2 Å². The summed E-state index contributed by atoms with van der Waals surface area (Å²) in [7, 11) is 0. The van der Waals surface area contributed by atoms with Crippen LogP contribution in [0.15, 0.2) is 73.1 Å². The van der Waals surface area contributed by atoms with Gasteiger partial charge < -0.3 is 10.4 Å². The van der Waals surface area contributed by atoms with E-state index in [-0.39, 0.29) is 12.5 Å². The number of carbonyl (C=O) groups excluding carboxylic acids is 1. The van der Waals surface area contributed by atoms with Gasteiger partial charge in [-0.15, -0.1) is 0 Å². The molecule has 4 heteroatoms. The Labute approximate surface area is 134 Å². The van der Waals surface area contributed by atoms with Gasteiger partial charge in [-0.25, -0.2) is 0 Å². The second-order valence-electron chi connectivity index (χ2n) is 5.05. The molecule has 0 saturated carbocycles. The Morgan fingerprint density at radius 1 is 0.957 bits per heavy atom. The van der Waals surface area contributed by atoms with Crippen molar-refractivity contribution in [2.75, 3.05) is 5.32 Å². The van der Waals surface area contributed by atoms with Crippen molar-refractivity contribution in [2.45, 2.75) is 6.61 Å². The SMILES string of the molecule is O=C(Nc1ccncc1)c1cccc(-c2ccccc2)c1CO. The zero-order valence-corrected chi connectivity index (χ0v) is 12.4. The average Bonchev–Trinajstić information content (AvgIpc) is 2.62. The zero-order chi connectivity index (χ0) is 16.1. The van der Waals surface area contributed by atoms with Crippen LogP contribution < -0.4 is 5.32 Å². The third-order valence-corrected chi connectivity index (χ3v) is 3.60. The standard InChI is InChI=1S/C19H16N2O2/c22-13-18-16(14-5-2-1-3-6-14)7-4-8-17(18)19(23)21-15-9-11-20-12-10-15/h1-12,22H,13H2,(H,20,21,23). The van der Waals surface area contributed by atoms with Crippen molar-refractivity contribution >= 4 is 11.6 Å². The Morgan fingerprint density at radius 3 is 2.39 bits per heavy atom. The van der Waals surface area contributed by atoms with Gasteiger partial charge in [0.15, 0.2) is 0 Å². The molecule has 0 unspecified atom stereocenters. The molecule has 0 aliphatic rings. The van der Waals surface area contributed by atoms with Crippen LogP contribution in [-0.2, 0) is 6.61 Å². The van der Waals surface area contributed by atoms with E-state index in [4.69, 9.17) is 0 Å². The molecule has 1 aromatic heterocycles. The van der Waals surface area contributed by atoms with Crippen LogP contribution in [0.5, 0.6) is 0 Å². The molecule has 23 heavy (non-hydrogen) atoms. The first-order valence-corrected chi connectivity index (χ1v) is 7.29.